The van der Waals surface area contributed by atoms with Crippen LogP contribution in [0.25, 0.3) is 5.57 Å². The highest BCUT2D eigenvalue weighted by Crippen LogP contribution is 2.37. The Bertz CT molecular complexity index is 909. The lowest BCUT2D eigenvalue weighted by atomic mass is 10.0. The van der Waals surface area contributed by atoms with Gasteiger partial charge in [0.2, 0.25) is 0 Å². The molecule has 188 valence electrons. The van der Waals surface area contributed by atoms with Gasteiger partial charge in [-0.3, -0.25) is 4.48 Å². The second kappa shape index (κ2) is 14.6. The van der Waals surface area contributed by atoms with Gasteiger partial charge in [0.25, 0.3) is 12.1 Å². The molecule has 9 heteroatoms. The van der Waals surface area contributed by atoms with E-state index in [0.717, 1.165) is 49.1 Å². The van der Waals surface area contributed by atoms with Crippen LogP contribution in [0.2, 0.25) is 0 Å². The molecular formula is C25H36IN3O4S. The first-order valence-corrected chi connectivity index (χ1v) is 12.7. The van der Waals surface area contributed by atoms with Crippen molar-refractivity contribution in [2.24, 2.45) is 0 Å². The third kappa shape index (κ3) is 7.91. The number of quaternary nitrogens is 1. The molecule has 34 heavy (non-hydrogen) atoms. The summed E-state index contributed by atoms with van der Waals surface area (Å²) in [6, 6.07) is 9.88. The quantitative estimate of drug-likeness (QED) is 0.161. The fourth-order valence-electron chi connectivity index (χ4n) is 4.09. The predicted octanol–water partition coefficient (Wildman–Crippen LogP) is 3.00. The van der Waals surface area contributed by atoms with Crippen molar-refractivity contribution < 1.29 is 47.5 Å². The highest BCUT2D eigenvalue weighted by molar-refractivity contribution is 6.99. The first-order valence-electron chi connectivity index (χ1n) is 11.9. The van der Waals surface area contributed by atoms with Gasteiger partial charge in [-0.25, -0.2) is 4.79 Å². The molecule has 1 aromatic heterocycles. The van der Waals surface area contributed by atoms with Gasteiger partial charge in [-0.1, -0.05) is 57.4 Å². The van der Waals surface area contributed by atoms with Crippen molar-refractivity contribution in [1.82, 2.24) is 8.75 Å². The summed E-state index contributed by atoms with van der Waals surface area (Å²) in [5.74, 6) is 0.607. The molecule has 2 unspecified atom stereocenters. The zero-order valence-electron chi connectivity index (χ0n) is 20.4. The number of unbranched alkanes of at least 4 members (excludes halogenated alkanes) is 3. The maximum absolute atomic E-state index is 12.4. The van der Waals surface area contributed by atoms with Crippen molar-refractivity contribution in [2.45, 2.75) is 58.6 Å². The van der Waals surface area contributed by atoms with Gasteiger partial charge in [0.15, 0.2) is 0 Å². The van der Waals surface area contributed by atoms with E-state index in [1.807, 2.05) is 37.3 Å². The van der Waals surface area contributed by atoms with Gasteiger partial charge in [-0.2, -0.15) is 4.37 Å². The molecular weight excluding hydrogens is 565 g/mol. The fourth-order valence-corrected chi connectivity index (χ4v) is 4.62. The standard InChI is InChI=1S/C25H36N3O4S.HI/c1-4-6-7-11-18-30-23-22(26-33-27-23)21-15-12-16-28(3,19-21)24(20-13-9-8-10-14-20)32-25(29)31-17-5-2;/h8-10,13-15,24H,4-7,11-12,16-19H2,1-3H3;1H/q+1;/p-1. The van der Waals surface area contributed by atoms with Gasteiger partial charge in [0.1, 0.15) is 12.2 Å². The van der Waals surface area contributed by atoms with Gasteiger partial charge in [-0.05, 0) is 25.0 Å². The van der Waals surface area contributed by atoms with Gasteiger partial charge >= 0.3 is 6.16 Å². The highest BCUT2D eigenvalue weighted by atomic mass is 127. The summed E-state index contributed by atoms with van der Waals surface area (Å²) in [4.78, 5) is 12.4. The lowest BCUT2D eigenvalue weighted by Crippen LogP contribution is -3.00. The molecule has 3 rings (SSSR count). The van der Waals surface area contributed by atoms with Crippen LogP contribution in [0.4, 0.5) is 4.79 Å². The van der Waals surface area contributed by atoms with E-state index in [4.69, 9.17) is 14.2 Å². The third-order valence-electron chi connectivity index (χ3n) is 5.84. The van der Waals surface area contributed by atoms with Crippen LogP contribution in [0.3, 0.4) is 0 Å². The van der Waals surface area contributed by atoms with E-state index in [9.17, 15) is 4.79 Å². The Morgan fingerprint density at radius 1 is 1.09 bits per heavy atom. The van der Waals surface area contributed by atoms with E-state index in [2.05, 4.69) is 28.8 Å². The molecule has 0 saturated heterocycles. The molecule has 1 aliphatic heterocycles. The number of halogens is 1. The summed E-state index contributed by atoms with van der Waals surface area (Å²) < 4.78 is 26.6. The first-order chi connectivity index (χ1) is 16.1. The first kappa shape index (κ1) is 28.5. The number of carbonyl (C=O) groups excluding carboxylic acids is 1. The summed E-state index contributed by atoms with van der Waals surface area (Å²) in [5, 5.41) is 0. The van der Waals surface area contributed by atoms with E-state index in [1.165, 1.54) is 24.6 Å². The number of benzene rings is 1. The van der Waals surface area contributed by atoms with E-state index in [1.54, 1.807) is 0 Å². The molecule has 2 heterocycles. The summed E-state index contributed by atoms with van der Waals surface area (Å²) in [6.45, 7) is 6.63. The minimum absolute atomic E-state index is 0. The largest absolute Gasteiger partial charge is 1.00 e. The van der Waals surface area contributed by atoms with Crippen LogP contribution < -0.4 is 28.7 Å². The highest BCUT2D eigenvalue weighted by Gasteiger charge is 2.41. The van der Waals surface area contributed by atoms with Crippen LogP contribution in [0.1, 0.15) is 69.9 Å². The van der Waals surface area contributed by atoms with Crippen molar-refractivity contribution in [3.05, 3.63) is 47.7 Å². The van der Waals surface area contributed by atoms with Crippen LogP contribution in [0.5, 0.6) is 5.88 Å². The minimum atomic E-state index is -0.632. The molecule has 0 bridgehead atoms. The molecule has 1 aliphatic rings. The second-order valence-corrected chi connectivity index (χ2v) is 9.21. The number of hydrogen-bond donors (Lipinski definition) is 0. The van der Waals surface area contributed by atoms with Crippen LogP contribution >= 0.6 is 11.7 Å². The van der Waals surface area contributed by atoms with Gasteiger partial charge in [0.05, 0.1) is 44.1 Å². The molecule has 0 amide bonds. The topological polar surface area (TPSA) is 70.5 Å². The molecule has 0 saturated carbocycles. The molecule has 0 spiro atoms. The molecule has 2 atom stereocenters. The maximum Gasteiger partial charge on any atom is 0.513 e. The fraction of sp³-hybridized carbons (Fsp3) is 0.560. The van der Waals surface area contributed by atoms with E-state index >= 15 is 0 Å². The zero-order chi connectivity index (χ0) is 23.5. The lowest BCUT2D eigenvalue weighted by molar-refractivity contribution is -0.953. The lowest BCUT2D eigenvalue weighted by Gasteiger charge is -2.42. The molecule has 2 aromatic rings. The van der Waals surface area contributed by atoms with E-state index in [0.29, 0.717) is 30.1 Å². The average Bonchev–Trinajstić information content (AvgIpc) is 3.30. The van der Waals surface area contributed by atoms with E-state index in [-0.39, 0.29) is 24.0 Å². The van der Waals surface area contributed by atoms with E-state index < -0.39 is 12.4 Å². The van der Waals surface area contributed by atoms with Gasteiger partial charge < -0.3 is 38.2 Å². The van der Waals surface area contributed by atoms with Gasteiger partial charge in [-0.15, -0.1) is 4.37 Å². The molecule has 7 nitrogen and oxygen atoms in total. The molecule has 0 radical (unpaired) electrons. The number of carbonyl (C=O) groups is 1. The van der Waals surface area contributed by atoms with Crippen molar-refractivity contribution >= 4 is 23.5 Å². The molecule has 0 N–H and O–H groups in total. The number of ether oxygens (including phenoxy) is 3. The van der Waals surface area contributed by atoms with Crippen molar-refractivity contribution in [3.8, 4) is 5.88 Å². The van der Waals surface area contributed by atoms with Gasteiger partial charge in [0, 0.05) is 12.0 Å². The summed E-state index contributed by atoms with van der Waals surface area (Å²) >= 11 is 1.17. The smallest absolute Gasteiger partial charge is 0.513 e. The maximum atomic E-state index is 12.4. The van der Waals surface area contributed by atoms with Crippen LogP contribution in [-0.2, 0) is 9.47 Å². The van der Waals surface area contributed by atoms with Crippen molar-refractivity contribution in [1.29, 1.82) is 0 Å². The molecule has 0 aliphatic carbocycles. The Labute approximate surface area is 224 Å². The molecule has 1 aromatic carbocycles. The second-order valence-electron chi connectivity index (χ2n) is 8.69. The Morgan fingerprint density at radius 2 is 1.88 bits per heavy atom. The zero-order valence-corrected chi connectivity index (χ0v) is 23.3. The number of rotatable bonds is 12. The normalized spacial score (nSPS) is 18.4. The Kier molecular flexibility index (Phi) is 12.3. The van der Waals surface area contributed by atoms with Crippen LogP contribution in [-0.4, -0.2) is 52.7 Å². The number of hydrogen-bond acceptors (Lipinski definition) is 7. The van der Waals surface area contributed by atoms with Crippen LogP contribution in [0, 0.1) is 0 Å². The Balaban J connectivity index is 0.00000408. The SMILES string of the molecule is CCCCCCOc1nsnc1C1=CCC[N+](C)(C(OC(=O)OCCC)c2ccccc2)C1.[I-]. The summed E-state index contributed by atoms with van der Waals surface area (Å²) in [6.07, 6.45) is 7.28. The summed E-state index contributed by atoms with van der Waals surface area (Å²) in [7, 11) is 2.11. The predicted molar refractivity (Wildman–Crippen MR) is 130 cm³/mol. The van der Waals surface area contributed by atoms with Crippen LogP contribution in [0.15, 0.2) is 36.4 Å². The van der Waals surface area contributed by atoms with Crippen molar-refractivity contribution in [2.75, 3.05) is 33.4 Å². The minimum Gasteiger partial charge on any atom is -1.00 e. The number of nitrogens with zero attached hydrogens (tertiary/aromatic N) is 3. The summed E-state index contributed by atoms with van der Waals surface area (Å²) in [5.41, 5.74) is 2.82. The number of aromatic nitrogens is 2. The number of likely N-dealkylation sites (N-methyl/N-ethyl adjacent to an activating group) is 1. The third-order valence-corrected chi connectivity index (χ3v) is 6.36. The molecule has 0 fully saturated rings. The van der Waals surface area contributed by atoms with Crippen molar-refractivity contribution in [3.63, 3.8) is 0 Å². The Hall–Kier alpha value is -1.72. The Morgan fingerprint density at radius 3 is 2.62 bits per heavy atom. The average molecular weight is 602 g/mol. The monoisotopic (exact) mass is 601 g/mol.